The predicted octanol–water partition coefficient (Wildman–Crippen LogP) is -0.175. The molecule has 19 heavy (non-hydrogen) atoms. The van der Waals surface area contributed by atoms with Crippen molar-refractivity contribution in [2.75, 3.05) is 12.3 Å². The van der Waals surface area contributed by atoms with Gasteiger partial charge in [0.15, 0.2) is 0 Å². The minimum atomic E-state index is -1.26. The zero-order valence-corrected chi connectivity index (χ0v) is 10.9. The van der Waals surface area contributed by atoms with E-state index < -0.39 is 30.6 Å². The molecule has 0 saturated carbocycles. The third kappa shape index (κ3) is 4.23. The van der Waals surface area contributed by atoms with Gasteiger partial charge in [-0.15, -0.1) is 0 Å². The molecule has 0 fully saturated rings. The van der Waals surface area contributed by atoms with Crippen molar-refractivity contribution in [1.29, 1.82) is 0 Å². The highest BCUT2D eigenvalue weighted by atomic mass is 32.1. The topological polar surface area (TPSA) is 107 Å². The molecule has 0 saturated heterocycles. The molecule has 1 amide bonds. The van der Waals surface area contributed by atoms with Gasteiger partial charge < -0.3 is 20.6 Å². The van der Waals surface area contributed by atoms with Gasteiger partial charge in [0, 0.05) is 11.3 Å². The number of aliphatic carboxylic acids is 1. The number of nitrogens with one attached hydrogen (secondary N) is 1. The molecule has 1 aromatic carbocycles. The number of carbonyl (C=O) groups excluding carboxylic acids is 1. The number of hydrogen-bond acceptors (Lipinski definition) is 5. The fourth-order valence-electron chi connectivity index (χ4n) is 1.52. The molecule has 0 radical (unpaired) electrons. The molecule has 0 aliphatic heterocycles. The largest absolute Gasteiger partial charge is 0.480 e. The average Bonchev–Trinajstić information content (AvgIpc) is 2.42. The van der Waals surface area contributed by atoms with Crippen LogP contribution in [0.3, 0.4) is 0 Å². The van der Waals surface area contributed by atoms with E-state index in [-0.39, 0.29) is 16.9 Å². The molecular weight excluding hydrogens is 270 g/mol. The molecule has 0 spiro atoms. The van der Waals surface area contributed by atoms with Crippen LogP contribution < -0.4 is 5.32 Å². The summed E-state index contributed by atoms with van der Waals surface area (Å²) in [4.78, 5) is 22.2. The second-order valence-electron chi connectivity index (χ2n) is 3.86. The molecule has 0 aliphatic carbocycles. The van der Waals surface area contributed by atoms with Crippen LogP contribution in [0.4, 0.5) is 0 Å². The maximum atomic E-state index is 11.8. The number of rotatable bonds is 6. The van der Waals surface area contributed by atoms with Gasteiger partial charge in [0.1, 0.15) is 12.6 Å². The van der Waals surface area contributed by atoms with Crippen LogP contribution >= 0.6 is 12.6 Å². The standard InChI is InChI=1S/C12H15NO5S/c14-9(6-19)11(17)7-3-1-2-4-8(7)12(18)13-5-10(15)16/h1-4,9,11,14,17,19H,5-6H2,(H,13,18)(H,15,16). The summed E-state index contributed by atoms with van der Waals surface area (Å²) in [6.45, 7) is -0.515. The quantitative estimate of drug-likeness (QED) is 0.466. The second-order valence-corrected chi connectivity index (χ2v) is 4.22. The lowest BCUT2D eigenvalue weighted by molar-refractivity contribution is -0.135. The molecule has 104 valence electrons. The Labute approximate surface area is 115 Å². The molecule has 0 aliphatic rings. The third-order valence-electron chi connectivity index (χ3n) is 2.48. The first kappa shape index (κ1) is 15.5. The van der Waals surface area contributed by atoms with Crippen LogP contribution in [0.5, 0.6) is 0 Å². The van der Waals surface area contributed by atoms with Gasteiger partial charge in [0.05, 0.1) is 6.10 Å². The Morgan fingerprint density at radius 1 is 1.26 bits per heavy atom. The van der Waals surface area contributed by atoms with E-state index in [1.807, 2.05) is 0 Å². The maximum Gasteiger partial charge on any atom is 0.322 e. The summed E-state index contributed by atoms with van der Waals surface area (Å²) in [6.07, 6.45) is -2.37. The van der Waals surface area contributed by atoms with Crippen molar-refractivity contribution in [3.63, 3.8) is 0 Å². The summed E-state index contributed by atoms with van der Waals surface area (Å²) in [6, 6.07) is 6.13. The zero-order chi connectivity index (χ0) is 14.4. The summed E-state index contributed by atoms with van der Waals surface area (Å²) in [7, 11) is 0. The van der Waals surface area contributed by atoms with Crippen LogP contribution in [0.25, 0.3) is 0 Å². The fourth-order valence-corrected chi connectivity index (χ4v) is 1.72. The van der Waals surface area contributed by atoms with Crippen molar-refractivity contribution in [2.45, 2.75) is 12.2 Å². The van der Waals surface area contributed by atoms with Crippen molar-refractivity contribution in [3.8, 4) is 0 Å². The molecule has 6 nitrogen and oxygen atoms in total. The summed E-state index contributed by atoms with van der Waals surface area (Å²) < 4.78 is 0. The number of thiol groups is 1. The van der Waals surface area contributed by atoms with E-state index in [9.17, 15) is 19.8 Å². The van der Waals surface area contributed by atoms with Crippen LogP contribution in [0.15, 0.2) is 24.3 Å². The monoisotopic (exact) mass is 285 g/mol. The molecule has 0 heterocycles. The zero-order valence-electron chi connectivity index (χ0n) is 9.98. The Hall–Kier alpha value is -1.57. The van der Waals surface area contributed by atoms with E-state index >= 15 is 0 Å². The minimum Gasteiger partial charge on any atom is -0.480 e. The van der Waals surface area contributed by atoms with Crippen LogP contribution in [-0.4, -0.2) is 45.6 Å². The van der Waals surface area contributed by atoms with Crippen LogP contribution in [0.1, 0.15) is 22.0 Å². The smallest absolute Gasteiger partial charge is 0.322 e. The normalized spacial score (nSPS) is 13.6. The number of aliphatic hydroxyl groups excluding tert-OH is 2. The Morgan fingerprint density at radius 3 is 2.47 bits per heavy atom. The van der Waals surface area contributed by atoms with Crippen molar-refractivity contribution in [3.05, 3.63) is 35.4 Å². The van der Waals surface area contributed by atoms with Crippen molar-refractivity contribution < 1.29 is 24.9 Å². The molecule has 0 aromatic heterocycles. The number of carboxylic acid groups (broad SMARTS) is 1. The van der Waals surface area contributed by atoms with Crippen molar-refractivity contribution in [1.82, 2.24) is 5.32 Å². The first-order valence-corrected chi connectivity index (χ1v) is 6.16. The Bertz CT molecular complexity index is 465. The van der Waals surface area contributed by atoms with E-state index in [0.29, 0.717) is 0 Å². The van der Waals surface area contributed by atoms with Gasteiger partial charge in [0.25, 0.3) is 5.91 Å². The second kappa shape index (κ2) is 7.13. The fraction of sp³-hybridized carbons (Fsp3) is 0.333. The number of amides is 1. The lowest BCUT2D eigenvalue weighted by Crippen LogP contribution is -2.31. The average molecular weight is 285 g/mol. The first-order valence-electron chi connectivity index (χ1n) is 5.53. The minimum absolute atomic E-state index is 0.0340. The summed E-state index contributed by atoms with van der Waals surface area (Å²) >= 11 is 3.87. The van der Waals surface area contributed by atoms with Gasteiger partial charge in [-0.2, -0.15) is 12.6 Å². The molecule has 0 bridgehead atoms. The Morgan fingerprint density at radius 2 is 1.89 bits per heavy atom. The molecular formula is C12H15NO5S. The highest BCUT2D eigenvalue weighted by molar-refractivity contribution is 7.80. The van der Waals surface area contributed by atoms with Gasteiger partial charge in [-0.05, 0) is 11.6 Å². The van der Waals surface area contributed by atoms with E-state index in [4.69, 9.17) is 5.11 Å². The number of carbonyl (C=O) groups is 2. The molecule has 2 atom stereocenters. The Kier molecular flexibility index (Phi) is 5.81. The summed E-state index contributed by atoms with van der Waals surface area (Å²) in [5.74, 6) is -1.75. The van der Waals surface area contributed by atoms with Crippen LogP contribution in [0, 0.1) is 0 Å². The molecule has 4 N–H and O–H groups in total. The summed E-state index contributed by atoms with van der Waals surface area (Å²) in [5.41, 5.74) is 0.351. The van der Waals surface area contributed by atoms with Crippen molar-refractivity contribution >= 4 is 24.5 Å². The van der Waals surface area contributed by atoms with Gasteiger partial charge in [-0.3, -0.25) is 9.59 Å². The molecule has 1 aromatic rings. The molecule has 1 rings (SSSR count). The molecule has 2 unspecified atom stereocenters. The SMILES string of the molecule is O=C(O)CNC(=O)c1ccccc1C(O)C(O)CS. The van der Waals surface area contributed by atoms with Gasteiger partial charge in [0.2, 0.25) is 0 Å². The number of carboxylic acids is 1. The maximum absolute atomic E-state index is 11.8. The summed E-state index contributed by atoms with van der Waals surface area (Å²) in [5, 5.41) is 30.2. The lowest BCUT2D eigenvalue weighted by Gasteiger charge is -2.18. The van der Waals surface area contributed by atoms with Crippen molar-refractivity contribution in [2.24, 2.45) is 0 Å². The van der Waals surface area contributed by atoms with Gasteiger partial charge in [-0.25, -0.2) is 0 Å². The first-order chi connectivity index (χ1) is 8.97. The number of hydrogen-bond donors (Lipinski definition) is 5. The predicted molar refractivity (Wildman–Crippen MR) is 71.2 cm³/mol. The highest BCUT2D eigenvalue weighted by Gasteiger charge is 2.22. The van der Waals surface area contributed by atoms with E-state index in [2.05, 4.69) is 17.9 Å². The molecule has 7 heteroatoms. The Balaban J connectivity index is 2.95. The third-order valence-corrected chi connectivity index (χ3v) is 2.85. The van der Waals surface area contributed by atoms with E-state index in [1.54, 1.807) is 12.1 Å². The number of benzene rings is 1. The van der Waals surface area contributed by atoms with Gasteiger partial charge >= 0.3 is 5.97 Å². The van der Waals surface area contributed by atoms with E-state index in [1.165, 1.54) is 12.1 Å². The number of aliphatic hydroxyl groups is 2. The van der Waals surface area contributed by atoms with Crippen LogP contribution in [-0.2, 0) is 4.79 Å². The van der Waals surface area contributed by atoms with Gasteiger partial charge in [-0.1, -0.05) is 18.2 Å². The van der Waals surface area contributed by atoms with E-state index in [0.717, 1.165) is 0 Å². The lowest BCUT2D eigenvalue weighted by atomic mass is 9.98. The van der Waals surface area contributed by atoms with Crippen LogP contribution in [0.2, 0.25) is 0 Å². The highest BCUT2D eigenvalue weighted by Crippen LogP contribution is 2.21.